The van der Waals surface area contributed by atoms with Crippen LogP contribution in [0.4, 0.5) is 0 Å². The van der Waals surface area contributed by atoms with Crippen molar-refractivity contribution >= 4 is 23.1 Å². The minimum absolute atomic E-state index is 0.468. The standard InChI is InChI=1S/C12H8O4/c13-8-6-9(14)11(15)12(16)10(8)7-4-2-1-3-5-7/h1-5,10H,6H2. The highest BCUT2D eigenvalue weighted by molar-refractivity contribution is 6.70. The summed E-state index contributed by atoms with van der Waals surface area (Å²) in [6.07, 6.45) is -0.468. The van der Waals surface area contributed by atoms with Crippen molar-refractivity contribution in [2.75, 3.05) is 0 Å². The van der Waals surface area contributed by atoms with E-state index in [0.29, 0.717) is 5.56 Å². The highest BCUT2D eigenvalue weighted by Crippen LogP contribution is 2.23. The van der Waals surface area contributed by atoms with E-state index in [2.05, 4.69) is 0 Å². The van der Waals surface area contributed by atoms with Gasteiger partial charge < -0.3 is 0 Å². The number of carbonyl (C=O) groups excluding carboxylic acids is 4. The summed E-state index contributed by atoms with van der Waals surface area (Å²) in [6, 6.07) is 8.30. The fraction of sp³-hybridized carbons (Fsp3) is 0.167. The third-order valence-electron chi connectivity index (χ3n) is 2.53. The summed E-state index contributed by atoms with van der Waals surface area (Å²) < 4.78 is 0. The molecule has 1 fully saturated rings. The van der Waals surface area contributed by atoms with Crippen LogP contribution in [0.15, 0.2) is 30.3 Å². The van der Waals surface area contributed by atoms with Crippen LogP contribution in [0, 0.1) is 0 Å². The van der Waals surface area contributed by atoms with Crippen LogP contribution >= 0.6 is 0 Å². The van der Waals surface area contributed by atoms with Gasteiger partial charge in [0.15, 0.2) is 5.78 Å². The molecule has 1 aromatic carbocycles. The summed E-state index contributed by atoms with van der Waals surface area (Å²) >= 11 is 0. The van der Waals surface area contributed by atoms with Gasteiger partial charge in [-0.1, -0.05) is 30.3 Å². The van der Waals surface area contributed by atoms with Crippen molar-refractivity contribution in [1.82, 2.24) is 0 Å². The zero-order chi connectivity index (χ0) is 11.7. The predicted molar refractivity (Wildman–Crippen MR) is 53.8 cm³/mol. The largest absolute Gasteiger partial charge is 0.298 e. The maximum atomic E-state index is 11.6. The molecule has 1 aromatic rings. The molecule has 1 aliphatic rings. The van der Waals surface area contributed by atoms with E-state index in [1.165, 1.54) is 0 Å². The minimum atomic E-state index is -1.09. The third kappa shape index (κ3) is 1.58. The van der Waals surface area contributed by atoms with Crippen molar-refractivity contribution in [3.8, 4) is 0 Å². The maximum Gasteiger partial charge on any atom is 0.265 e. The Kier molecular flexibility index (Phi) is 2.48. The molecule has 80 valence electrons. The molecular weight excluding hydrogens is 208 g/mol. The lowest BCUT2D eigenvalue weighted by Crippen LogP contribution is -2.40. The zero-order valence-electron chi connectivity index (χ0n) is 8.30. The van der Waals surface area contributed by atoms with Crippen LogP contribution in [0.25, 0.3) is 0 Å². The second-order valence-corrected chi connectivity index (χ2v) is 3.60. The molecular formula is C12H8O4. The molecule has 0 spiro atoms. The molecule has 0 aromatic heterocycles. The lowest BCUT2D eigenvalue weighted by molar-refractivity contribution is -0.149. The molecule has 4 nitrogen and oxygen atoms in total. The van der Waals surface area contributed by atoms with E-state index in [-0.39, 0.29) is 0 Å². The van der Waals surface area contributed by atoms with Crippen LogP contribution in [0.1, 0.15) is 17.9 Å². The Bertz CT molecular complexity index is 487. The molecule has 2 rings (SSSR count). The van der Waals surface area contributed by atoms with Crippen LogP contribution < -0.4 is 0 Å². The number of hydrogen-bond donors (Lipinski definition) is 0. The molecule has 0 N–H and O–H groups in total. The zero-order valence-corrected chi connectivity index (χ0v) is 8.30. The van der Waals surface area contributed by atoms with Gasteiger partial charge in [-0.15, -0.1) is 0 Å². The Balaban J connectivity index is 2.42. The lowest BCUT2D eigenvalue weighted by atomic mass is 9.80. The summed E-state index contributed by atoms with van der Waals surface area (Å²) in [5.41, 5.74) is 0.471. The smallest absolute Gasteiger partial charge is 0.265 e. The van der Waals surface area contributed by atoms with E-state index in [4.69, 9.17) is 0 Å². The average molecular weight is 216 g/mol. The van der Waals surface area contributed by atoms with Crippen molar-refractivity contribution in [2.45, 2.75) is 12.3 Å². The van der Waals surface area contributed by atoms with Crippen LogP contribution in [-0.4, -0.2) is 23.1 Å². The Morgan fingerprint density at radius 1 is 0.938 bits per heavy atom. The van der Waals surface area contributed by atoms with Crippen molar-refractivity contribution in [3.63, 3.8) is 0 Å². The Morgan fingerprint density at radius 2 is 1.56 bits per heavy atom. The Labute approximate surface area is 91.3 Å². The van der Waals surface area contributed by atoms with Crippen molar-refractivity contribution < 1.29 is 19.2 Å². The maximum absolute atomic E-state index is 11.6. The third-order valence-corrected chi connectivity index (χ3v) is 2.53. The first-order valence-corrected chi connectivity index (χ1v) is 4.80. The fourth-order valence-electron chi connectivity index (χ4n) is 1.74. The van der Waals surface area contributed by atoms with E-state index in [1.54, 1.807) is 30.3 Å². The number of benzene rings is 1. The van der Waals surface area contributed by atoms with Crippen LogP contribution in [-0.2, 0) is 19.2 Å². The predicted octanol–water partition coefficient (Wildman–Crippen LogP) is 0.450. The summed E-state index contributed by atoms with van der Waals surface area (Å²) in [5, 5.41) is 0. The quantitative estimate of drug-likeness (QED) is 0.505. The molecule has 0 radical (unpaired) electrons. The van der Waals surface area contributed by atoms with Gasteiger partial charge in [0, 0.05) is 0 Å². The molecule has 1 unspecified atom stereocenters. The summed E-state index contributed by atoms with van der Waals surface area (Å²) in [5.74, 6) is -4.46. The van der Waals surface area contributed by atoms with Crippen molar-refractivity contribution in [1.29, 1.82) is 0 Å². The van der Waals surface area contributed by atoms with Gasteiger partial charge in [0.25, 0.3) is 5.78 Å². The van der Waals surface area contributed by atoms with Crippen molar-refractivity contribution in [2.24, 2.45) is 0 Å². The second-order valence-electron chi connectivity index (χ2n) is 3.60. The van der Waals surface area contributed by atoms with Crippen LogP contribution in [0.3, 0.4) is 0 Å². The first kappa shape index (κ1) is 10.4. The van der Waals surface area contributed by atoms with E-state index in [9.17, 15) is 19.2 Å². The molecule has 1 saturated carbocycles. The molecule has 1 aliphatic carbocycles. The monoisotopic (exact) mass is 216 g/mol. The van der Waals surface area contributed by atoms with Gasteiger partial charge in [0.05, 0.1) is 6.42 Å². The molecule has 0 bridgehead atoms. The first-order chi connectivity index (χ1) is 7.61. The lowest BCUT2D eigenvalue weighted by Gasteiger charge is -2.17. The molecule has 16 heavy (non-hydrogen) atoms. The number of hydrogen-bond acceptors (Lipinski definition) is 4. The summed E-state index contributed by atoms with van der Waals surface area (Å²) in [6.45, 7) is 0. The molecule has 0 amide bonds. The molecule has 0 saturated heterocycles. The fourth-order valence-corrected chi connectivity index (χ4v) is 1.74. The summed E-state index contributed by atoms with van der Waals surface area (Å²) in [4.78, 5) is 45.3. The normalized spacial score (nSPS) is 21.4. The average Bonchev–Trinajstić information content (AvgIpc) is 2.28. The summed E-state index contributed by atoms with van der Waals surface area (Å²) in [7, 11) is 0. The molecule has 0 heterocycles. The van der Waals surface area contributed by atoms with Gasteiger partial charge in [-0.25, -0.2) is 0 Å². The van der Waals surface area contributed by atoms with Crippen LogP contribution in [0.2, 0.25) is 0 Å². The molecule has 1 atom stereocenters. The van der Waals surface area contributed by atoms with Gasteiger partial charge >= 0.3 is 0 Å². The van der Waals surface area contributed by atoms with Gasteiger partial charge in [0.1, 0.15) is 5.92 Å². The highest BCUT2D eigenvalue weighted by Gasteiger charge is 2.42. The topological polar surface area (TPSA) is 68.3 Å². The van der Waals surface area contributed by atoms with Crippen molar-refractivity contribution in [3.05, 3.63) is 35.9 Å². The van der Waals surface area contributed by atoms with Gasteiger partial charge in [-0.2, -0.15) is 0 Å². The van der Waals surface area contributed by atoms with Gasteiger partial charge in [-0.05, 0) is 5.56 Å². The van der Waals surface area contributed by atoms with Crippen LogP contribution in [0.5, 0.6) is 0 Å². The van der Waals surface area contributed by atoms with E-state index in [1.807, 2.05) is 0 Å². The first-order valence-electron chi connectivity index (χ1n) is 4.80. The number of ketones is 4. The number of rotatable bonds is 1. The van der Waals surface area contributed by atoms with E-state index < -0.39 is 35.5 Å². The van der Waals surface area contributed by atoms with E-state index >= 15 is 0 Å². The molecule has 4 heteroatoms. The Hall–Kier alpha value is -2.10. The minimum Gasteiger partial charge on any atom is -0.298 e. The van der Waals surface area contributed by atoms with Gasteiger partial charge in [0.2, 0.25) is 11.6 Å². The molecule has 0 aliphatic heterocycles. The SMILES string of the molecule is O=C1CC(=O)C(c2ccccc2)C(=O)C1=O. The second kappa shape index (κ2) is 3.81. The number of Topliss-reactive ketones (excluding diaryl/α,β-unsaturated/α-hetero) is 4. The number of carbonyl (C=O) groups is 4. The van der Waals surface area contributed by atoms with E-state index in [0.717, 1.165) is 0 Å². The Morgan fingerprint density at radius 3 is 2.19 bits per heavy atom. The van der Waals surface area contributed by atoms with Gasteiger partial charge in [-0.3, -0.25) is 19.2 Å². The highest BCUT2D eigenvalue weighted by atomic mass is 16.2.